The van der Waals surface area contributed by atoms with Gasteiger partial charge >= 0.3 is 6.09 Å². The van der Waals surface area contributed by atoms with Gasteiger partial charge in [0, 0.05) is 17.4 Å². The van der Waals surface area contributed by atoms with Crippen LogP contribution >= 0.6 is 15.9 Å². The van der Waals surface area contributed by atoms with Gasteiger partial charge in [-0.05, 0) is 41.1 Å². The molecular formula is C14H25BrN2O4. The first-order chi connectivity index (χ1) is 9.50. The van der Waals surface area contributed by atoms with Crippen LogP contribution in [-0.2, 0) is 4.74 Å². The van der Waals surface area contributed by atoms with Crippen LogP contribution in [-0.4, -0.2) is 27.6 Å². The number of hydrogen-bond acceptors (Lipinski definition) is 4. The van der Waals surface area contributed by atoms with E-state index in [0.29, 0.717) is 0 Å². The van der Waals surface area contributed by atoms with Crippen LogP contribution in [0.2, 0.25) is 0 Å². The van der Waals surface area contributed by atoms with E-state index in [1.54, 1.807) is 0 Å². The van der Waals surface area contributed by atoms with Crippen molar-refractivity contribution in [3.8, 4) is 0 Å². The summed E-state index contributed by atoms with van der Waals surface area (Å²) in [5, 5.41) is 13.7. The van der Waals surface area contributed by atoms with Crippen LogP contribution in [0, 0.1) is 15.5 Å². The van der Waals surface area contributed by atoms with E-state index in [1.807, 2.05) is 6.92 Å². The molecule has 1 amide bonds. The van der Waals surface area contributed by atoms with Crippen LogP contribution in [0.1, 0.15) is 59.8 Å². The Morgan fingerprint density at radius 2 is 1.95 bits per heavy atom. The zero-order chi connectivity index (χ0) is 16.3. The van der Waals surface area contributed by atoms with E-state index in [0.717, 1.165) is 19.3 Å². The van der Waals surface area contributed by atoms with Gasteiger partial charge in [0.2, 0.25) is 0 Å². The number of nitro groups is 1. The first-order valence-electron chi connectivity index (χ1n) is 7.29. The molecule has 0 radical (unpaired) electrons. The molecule has 2 atom stereocenters. The molecule has 1 aliphatic carbocycles. The quantitative estimate of drug-likeness (QED) is 0.347. The summed E-state index contributed by atoms with van der Waals surface area (Å²) in [4.78, 5) is 22.3. The van der Waals surface area contributed by atoms with Crippen molar-refractivity contribution in [3.05, 3.63) is 10.1 Å². The van der Waals surface area contributed by atoms with Crippen LogP contribution in [0.5, 0.6) is 0 Å². The standard InChI is InChI=1S/C14H25BrN2O4/c1-12(2)7-5-6-8-13(12,3)16-11(18)21-10-9-14(4,15)17(19)20/h5-10H2,1-4H3,(H,16,18). The summed E-state index contributed by atoms with van der Waals surface area (Å²) in [7, 11) is 0. The topological polar surface area (TPSA) is 81.5 Å². The highest BCUT2D eigenvalue weighted by Crippen LogP contribution is 2.43. The Bertz CT molecular complexity index is 412. The Kier molecular flexibility index (Phi) is 5.63. The third-order valence-corrected chi connectivity index (χ3v) is 5.46. The van der Waals surface area contributed by atoms with Crippen LogP contribution in [0.3, 0.4) is 0 Å². The molecule has 0 aromatic rings. The second-order valence-electron chi connectivity index (χ2n) is 6.83. The number of nitrogens with one attached hydrogen (secondary N) is 1. The van der Waals surface area contributed by atoms with Gasteiger partial charge in [0.05, 0.1) is 6.42 Å². The molecule has 0 bridgehead atoms. The Hall–Kier alpha value is -0.850. The zero-order valence-electron chi connectivity index (χ0n) is 13.2. The highest BCUT2D eigenvalue weighted by Gasteiger charge is 2.44. The summed E-state index contributed by atoms with van der Waals surface area (Å²) < 4.78 is 3.84. The number of amides is 1. The first-order valence-corrected chi connectivity index (χ1v) is 8.08. The van der Waals surface area contributed by atoms with Gasteiger partial charge in [-0.15, -0.1) is 0 Å². The minimum atomic E-state index is -1.26. The average Bonchev–Trinajstić information content (AvgIpc) is 2.32. The van der Waals surface area contributed by atoms with Crippen LogP contribution in [0.25, 0.3) is 0 Å². The number of ether oxygens (including phenoxy) is 1. The fourth-order valence-electron chi connectivity index (χ4n) is 2.57. The van der Waals surface area contributed by atoms with Gasteiger partial charge in [0.15, 0.2) is 0 Å². The summed E-state index contributed by atoms with van der Waals surface area (Å²) in [6.45, 7) is 7.79. The second-order valence-corrected chi connectivity index (χ2v) is 8.54. The van der Waals surface area contributed by atoms with Crippen LogP contribution in [0.15, 0.2) is 0 Å². The SMILES string of the molecule is CC(Br)(CCOC(=O)NC1(C)CCCCC1(C)C)[N+](=O)[O-]. The Labute approximate surface area is 134 Å². The lowest BCUT2D eigenvalue weighted by Gasteiger charge is -2.48. The van der Waals surface area contributed by atoms with Gasteiger partial charge in [-0.1, -0.05) is 26.7 Å². The molecule has 0 aliphatic heterocycles. The van der Waals surface area contributed by atoms with Gasteiger partial charge in [0.1, 0.15) is 6.61 Å². The molecule has 1 aliphatic rings. The number of carbonyl (C=O) groups excluding carboxylic acids is 1. The van der Waals surface area contributed by atoms with Crippen molar-refractivity contribution in [2.45, 2.75) is 69.8 Å². The molecule has 0 saturated heterocycles. The van der Waals surface area contributed by atoms with Crippen molar-refractivity contribution in [1.29, 1.82) is 0 Å². The van der Waals surface area contributed by atoms with Gasteiger partial charge in [-0.3, -0.25) is 10.1 Å². The molecule has 7 heteroatoms. The predicted molar refractivity (Wildman–Crippen MR) is 84.1 cm³/mol. The van der Waals surface area contributed by atoms with Crippen molar-refractivity contribution in [2.75, 3.05) is 6.61 Å². The maximum atomic E-state index is 11.9. The van der Waals surface area contributed by atoms with E-state index in [2.05, 4.69) is 35.1 Å². The van der Waals surface area contributed by atoms with Crippen molar-refractivity contribution in [1.82, 2.24) is 5.32 Å². The van der Waals surface area contributed by atoms with E-state index < -0.39 is 15.5 Å². The first kappa shape index (κ1) is 18.2. The largest absolute Gasteiger partial charge is 0.449 e. The van der Waals surface area contributed by atoms with E-state index in [1.165, 1.54) is 13.3 Å². The van der Waals surface area contributed by atoms with Crippen molar-refractivity contribution >= 4 is 22.0 Å². The highest BCUT2D eigenvalue weighted by molar-refractivity contribution is 9.10. The lowest BCUT2D eigenvalue weighted by atomic mass is 9.64. The third-order valence-electron chi connectivity index (χ3n) is 4.77. The molecule has 1 saturated carbocycles. The van der Waals surface area contributed by atoms with E-state index in [9.17, 15) is 14.9 Å². The Morgan fingerprint density at radius 3 is 2.48 bits per heavy atom. The Morgan fingerprint density at radius 1 is 1.38 bits per heavy atom. The van der Waals surface area contributed by atoms with E-state index in [-0.39, 0.29) is 24.0 Å². The molecule has 1 rings (SSSR count). The number of carbonyl (C=O) groups is 1. The third kappa shape index (κ3) is 4.56. The molecule has 2 unspecified atom stereocenters. The summed E-state index contributed by atoms with van der Waals surface area (Å²) in [5.74, 6) is 0. The molecule has 1 N–H and O–H groups in total. The van der Waals surface area contributed by atoms with Crippen molar-refractivity contribution < 1.29 is 14.5 Å². The fourth-order valence-corrected chi connectivity index (χ4v) is 2.74. The normalized spacial score (nSPS) is 27.5. The van der Waals surface area contributed by atoms with Gasteiger partial charge in [-0.2, -0.15) is 0 Å². The number of nitrogens with zero attached hydrogens (tertiary/aromatic N) is 1. The number of rotatable bonds is 5. The molecule has 122 valence electrons. The number of halogens is 1. The smallest absolute Gasteiger partial charge is 0.407 e. The molecule has 0 aromatic heterocycles. The molecular weight excluding hydrogens is 340 g/mol. The number of alkyl halides is 1. The molecule has 6 nitrogen and oxygen atoms in total. The maximum absolute atomic E-state index is 11.9. The van der Waals surface area contributed by atoms with Gasteiger partial charge in [0.25, 0.3) is 4.45 Å². The molecule has 0 spiro atoms. The van der Waals surface area contributed by atoms with Crippen LogP contribution in [0.4, 0.5) is 4.79 Å². The number of alkyl carbamates (subject to hydrolysis) is 1. The summed E-state index contributed by atoms with van der Waals surface area (Å²) >= 11 is 3.01. The predicted octanol–water partition coefficient (Wildman–Crippen LogP) is 3.85. The monoisotopic (exact) mass is 364 g/mol. The van der Waals surface area contributed by atoms with Gasteiger partial charge < -0.3 is 10.1 Å². The minimum absolute atomic E-state index is 0.00503. The van der Waals surface area contributed by atoms with Crippen LogP contribution < -0.4 is 5.32 Å². The number of hydrogen-bond donors (Lipinski definition) is 1. The maximum Gasteiger partial charge on any atom is 0.407 e. The van der Waals surface area contributed by atoms with Crippen molar-refractivity contribution in [2.24, 2.45) is 5.41 Å². The zero-order valence-corrected chi connectivity index (χ0v) is 14.8. The fraction of sp³-hybridized carbons (Fsp3) is 0.929. The van der Waals surface area contributed by atoms with E-state index in [4.69, 9.17) is 4.74 Å². The lowest BCUT2D eigenvalue weighted by Crippen LogP contribution is -2.57. The molecule has 0 heterocycles. The van der Waals surface area contributed by atoms with Crippen molar-refractivity contribution in [3.63, 3.8) is 0 Å². The Balaban J connectivity index is 2.48. The summed E-state index contributed by atoms with van der Waals surface area (Å²) in [6.07, 6.45) is 3.85. The highest BCUT2D eigenvalue weighted by atomic mass is 79.9. The summed E-state index contributed by atoms with van der Waals surface area (Å²) in [6, 6.07) is 0. The van der Waals surface area contributed by atoms with Gasteiger partial charge in [-0.25, -0.2) is 4.79 Å². The molecule has 1 fully saturated rings. The molecule has 21 heavy (non-hydrogen) atoms. The summed E-state index contributed by atoms with van der Waals surface area (Å²) in [5.41, 5.74) is -0.293. The molecule has 0 aromatic carbocycles. The minimum Gasteiger partial charge on any atom is -0.449 e. The average molecular weight is 365 g/mol. The lowest BCUT2D eigenvalue weighted by molar-refractivity contribution is -0.532. The van der Waals surface area contributed by atoms with E-state index >= 15 is 0 Å². The second kappa shape index (κ2) is 6.50.